The number of aryl methyl sites for hydroxylation is 1. The van der Waals surface area contributed by atoms with Gasteiger partial charge in [0.05, 0.1) is 6.61 Å². The van der Waals surface area contributed by atoms with Crippen molar-refractivity contribution in [2.24, 2.45) is 20.0 Å². The van der Waals surface area contributed by atoms with Gasteiger partial charge in [0.1, 0.15) is 0 Å². The molecule has 1 unspecified atom stereocenters. The first-order valence-corrected chi connectivity index (χ1v) is 9.22. The lowest BCUT2D eigenvalue weighted by Gasteiger charge is -2.15. The topological polar surface area (TPSA) is 103 Å². The van der Waals surface area contributed by atoms with Crippen LogP contribution in [0.2, 0.25) is 0 Å². The predicted molar refractivity (Wildman–Crippen MR) is 88.5 cm³/mol. The summed E-state index contributed by atoms with van der Waals surface area (Å²) in [6.07, 6.45) is 1.95. The maximum absolute atomic E-state index is 12.4. The minimum absolute atomic E-state index is 0.188. The van der Waals surface area contributed by atoms with Crippen molar-refractivity contribution in [1.82, 2.24) is 18.8 Å². The van der Waals surface area contributed by atoms with Crippen LogP contribution in [0.25, 0.3) is 0 Å². The van der Waals surface area contributed by atoms with E-state index in [2.05, 4.69) is 9.62 Å². The van der Waals surface area contributed by atoms with Gasteiger partial charge in [-0.25, -0.2) is 17.9 Å². The summed E-state index contributed by atoms with van der Waals surface area (Å²) in [5, 5.41) is 0. The molecule has 0 bridgehead atoms. The Morgan fingerprint density at radius 1 is 1.33 bits per heavy atom. The van der Waals surface area contributed by atoms with Crippen molar-refractivity contribution in [2.75, 3.05) is 39.9 Å². The van der Waals surface area contributed by atoms with Crippen molar-refractivity contribution in [3.05, 3.63) is 27.0 Å². The molecular weight excluding hydrogens is 336 g/mol. The van der Waals surface area contributed by atoms with Gasteiger partial charge in [0.2, 0.25) is 10.0 Å². The van der Waals surface area contributed by atoms with Crippen molar-refractivity contribution >= 4 is 10.0 Å². The Bertz CT molecular complexity index is 798. The van der Waals surface area contributed by atoms with Gasteiger partial charge in [-0.1, -0.05) is 0 Å². The lowest BCUT2D eigenvalue weighted by molar-refractivity contribution is 0.159. The number of sulfonamides is 1. The summed E-state index contributed by atoms with van der Waals surface area (Å²) >= 11 is 0. The van der Waals surface area contributed by atoms with Crippen LogP contribution in [0.15, 0.2) is 20.7 Å². The summed E-state index contributed by atoms with van der Waals surface area (Å²) in [5.41, 5.74) is -1.39. The highest BCUT2D eigenvalue weighted by Crippen LogP contribution is 2.15. The molecule has 1 atom stereocenters. The van der Waals surface area contributed by atoms with E-state index >= 15 is 0 Å². The summed E-state index contributed by atoms with van der Waals surface area (Å²) in [6.45, 7) is 3.42. The average Bonchev–Trinajstić information content (AvgIpc) is 3.00. The Morgan fingerprint density at radius 2 is 2.04 bits per heavy atom. The number of nitrogens with zero attached hydrogens (tertiary/aromatic N) is 3. The molecule has 1 N–H and O–H groups in total. The van der Waals surface area contributed by atoms with Crippen LogP contribution >= 0.6 is 0 Å². The van der Waals surface area contributed by atoms with Gasteiger partial charge in [-0.05, 0) is 18.9 Å². The summed E-state index contributed by atoms with van der Waals surface area (Å²) in [6, 6.07) is 0. The first kappa shape index (κ1) is 18.8. The van der Waals surface area contributed by atoms with E-state index in [1.165, 1.54) is 14.1 Å². The minimum Gasteiger partial charge on any atom is -0.383 e. The molecule has 1 fully saturated rings. The second-order valence-electron chi connectivity index (χ2n) is 6.05. The molecule has 0 spiro atoms. The highest BCUT2D eigenvalue weighted by Gasteiger charge is 2.26. The molecule has 2 rings (SSSR count). The molecular formula is C14H24N4O5S. The van der Waals surface area contributed by atoms with E-state index in [0.29, 0.717) is 6.61 Å². The summed E-state index contributed by atoms with van der Waals surface area (Å²) in [5.74, 6) is 0.188. The molecule has 136 valence electrons. The molecule has 1 saturated heterocycles. The van der Waals surface area contributed by atoms with Crippen LogP contribution in [-0.2, 0) is 28.9 Å². The van der Waals surface area contributed by atoms with Gasteiger partial charge >= 0.3 is 5.69 Å². The molecule has 0 radical (unpaired) electrons. The molecule has 0 saturated carbocycles. The maximum atomic E-state index is 12.4. The van der Waals surface area contributed by atoms with Crippen LogP contribution in [0.5, 0.6) is 0 Å². The zero-order valence-electron chi connectivity index (χ0n) is 14.2. The lowest BCUT2D eigenvalue weighted by Crippen LogP contribution is -2.42. The number of methoxy groups -OCH3 is 1. The fourth-order valence-corrected chi connectivity index (χ4v) is 4.04. The highest BCUT2D eigenvalue weighted by atomic mass is 32.2. The van der Waals surface area contributed by atoms with Crippen molar-refractivity contribution in [1.29, 1.82) is 0 Å². The number of ether oxygens (including phenoxy) is 1. The predicted octanol–water partition coefficient (Wildman–Crippen LogP) is -1.67. The number of hydrogen-bond donors (Lipinski definition) is 1. The van der Waals surface area contributed by atoms with Crippen molar-refractivity contribution in [3.8, 4) is 0 Å². The van der Waals surface area contributed by atoms with Crippen LogP contribution in [0.1, 0.15) is 6.42 Å². The Labute approximate surface area is 140 Å². The Hall–Kier alpha value is -1.49. The first-order valence-electron chi connectivity index (χ1n) is 7.74. The van der Waals surface area contributed by atoms with Crippen LogP contribution < -0.4 is 16.0 Å². The van der Waals surface area contributed by atoms with Gasteiger partial charge < -0.3 is 14.2 Å². The van der Waals surface area contributed by atoms with Gasteiger partial charge in [-0.15, -0.1) is 0 Å². The van der Waals surface area contributed by atoms with Crippen LogP contribution in [0, 0.1) is 5.92 Å². The SMILES string of the molecule is COCCN1CCC(CNS(=O)(=O)c2cn(C)c(=O)n(C)c2=O)C1. The normalized spacial score (nSPS) is 19.0. The van der Waals surface area contributed by atoms with Crippen molar-refractivity contribution < 1.29 is 13.2 Å². The molecule has 9 nitrogen and oxygen atoms in total. The van der Waals surface area contributed by atoms with Crippen molar-refractivity contribution in [2.45, 2.75) is 11.3 Å². The number of hydrogen-bond acceptors (Lipinski definition) is 6. The highest BCUT2D eigenvalue weighted by molar-refractivity contribution is 7.89. The Morgan fingerprint density at radius 3 is 2.71 bits per heavy atom. The summed E-state index contributed by atoms with van der Waals surface area (Å²) < 4.78 is 34.2. The molecule has 1 aromatic rings. The van der Waals surface area contributed by atoms with Gasteiger partial charge in [0.15, 0.2) is 4.90 Å². The largest absolute Gasteiger partial charge is 0.383 e. The maximum Gasteiger partial charge on any atom is 0.330 e. The third-order valence-electron chi connectivity index (χ3n) is 4.25. The van der Waals surface area contributed by atoms with Gasteiger partial charge in [-0.3, -0.25) is 9.36 Å². The molecule has 1 aliphatic heterocycles. The van der Waals surface area contributed by atoms with E-state index in [9.17, 15) is 18.0 Å². The third kappa shape index (κ3) is 4.12. The lowest BCUT2D eigenvalue weighted by atomic mass is 10.1. The van der Waals surface area contributed by atoms with E-state index in [0.717, 1.165) is 41.4 Å². The Balaban J connectivity index is 2.06. The van der Waals surface area contributed by atoms with Crippen LogP contribution in [0.4, 0.5) is 0 Å². The fourth-order valence-electron chi connectivity index (χ4n) is 2.77. The van der Waals surface area contributed by atoms with Gasteiger partial charge in [0.25, 0.3) is 5.56 Å². The molecule has 0 aliphatic carbocycles. The van der Waals surface area contributed by atoms with Gasteiger partial charge in [-0.2, -0.15) is 0 Å². The van der Waals surface area contributed by atoms with E-state index in [4.69, 9.17) is 4.74 Å². The molecule has 0 aromatic carbocycles. The zero-order valence-corrected chi connectivity index (χ0v) is 15.0. The van der Waals surface area contributed by atoms with E-state index in [1.54, 1.807) is 7.11 Å². The molecule has 2 heterocycles. The second kappa shape index (κ2) is 7.60. The van der Waals surface area contributed by atoms with E-state index in [1.807, 2.05) is 0 Å². The number of nitrogens with one attached hydrogen (secondary N) is 1. The van der Waals surface area contributed by atoms with Crippen molar-refractivity contribution in [3.63, 3.8) is 0 Å². The molecule has 10 heteroatoms. The van der Waals surface area contributed by atoms with Crippen LogP contribution in [0.3, 0.4) is 0 Å². The molecule has 24 heavy (non-hydrogen) atoms. The minimum atomic E-state index is -3.96. The fraction of sp³-hybridized carbons (Fsp3) is 0.714. The average molecular weight is 360 g/mol. The quantitative estimate of drug-likeness (QED) is 0.624. The van der Waals surface area contributed by atoms with Crippen LogP contribution in [-0.4, -0.2) is 62.3 Å². The Kier molecular flexibility index (Phi) is 5.97. The summed E-state index contributed by atoms with van der Waals surface area (Å²) in [7, 11) is 0.354. The molecule has 0 amide bonds. The standard InChI is InChI=1S/C14H24N4O5S/c1-16-10-12(13(19)17(2)14(16)20)24(21,22)15-8-11-4-5-18(9-11)6-7-23-3/h10-11,15H,4-9H2,1-3H3. The summed E-state index contributed by atoms with van der Waals surface area (Å²) in [4.78, 5) is 25.5. The second-order valence-corrected chi connectivity index (χ2v) is 7.79. The number of aromatic nitrogens is 2. The van der Waals surface area contributed by atoms with Gasteiger partial charge in [0, 0.05) is 47.0 Å². The van der Waals surface area contributed by atoms with E-state index in [-0.39, 0.29) is 12.5 Å². The number of likely N-dealkylation sites (tertiary alicyclic amines) is 1. The monoisotopic (exact) mass is 360 g/mol. The molecule has 1 aliphatic rings. The third-order valence-corrected chi connectivity index (χ3v) is 5.65. The zero-order chi connectivity index (χ0) is 17.9. The van der Waals surface area contributed by atoms with E-state index < -0.39 is 26.2 Å². The first-order chi connectivity index (χ1) is 11.3. The molecule has 1 aromatic heterocycles. The number of rotatable bonds is 7. The smallest absolute Gasteiger partial charge is 0.330 e.